The Morgan fingerprint density at radius 1 is 1.22 bits per heavy atom. The third-order valence-corrected chi connectivity index (χ3v) is 5.31. The normalized spacial score (nSPS) is 15.1. The Kier molecular flexibility index (Phi) is 4.65. The molecule has 0 spiro atoms. The van der Waals surface area contributed by atoms with Crippen LogP contribution in [0, 0.1) is 11.3 Å². The Morgan fingerprint density at radius 3 is 2.78 bits per heavy atom. The maximum atomic E-state index is 10.7. The number of rotatable bonds is 4. The van der Waals surface area contributed by atoms with Crippen LogP contribution in [0.15, 0.2) is 53.1 Å². The van der Waals surface area contributed by atoms with Crippen molar-refractivity contribution < 1.29 is 14.6 Å². The Morgan fingerprint density at radius 2 is 2.00 bits per heavy atom. The van der Waals surface area contributed by atoms with Crippen molar-refractivity contribution in [3.63, 3.8) is 0 Å². The fourth-order valence-corrected chi connectivity index (χ4v) is 3.82. The molecule has 6 nitrogen and oxygen atoms in total. The largest absolute Gasteiger partial charge is 0.510 e. The van der Waals surface area contributed by atoms with Crippen molar-refractivity contribution in [3.8, 4) is 17.6 Å². The number of aromatic amines is 1. The highest BCUT2D eigenvalue weighted by Crippen LogP contribution is 2.37. The van der Waals surface area contributed by atoms with Crippen LogP contribution in [0.5, 0.6) is 11.5 Å². The van der Waals surface area contributed by atoms with Gasteiger partial charge in [0.05, 0.1) is 16.3 Å². The summed E-state index contributed by atoms with van der Waals surface area (Å²) in [5, 5.41) is 19.9. The van der Waals surface area contributed by atoms with Gasteiger partial charge in [-0.15, -0.1) is 11.8 Å². The summed E-state index contributed by atoms with van der Waals surface area (Å²) < 4.78 is 11.1. The molecular weight excluding hydrogens is 362 g/mol. The molecule has 0 amide bonds. The Bertz CT molecular complexity index is 1030. The van der Waals surface area contributed by atoms with E-state index >= 15 is 0 Å². The number of fused-ring (bicyclic) bond motifs is 2. The van der Waals surface area contributed by atoms with Gasteiger partial charge in [0.25, 0.3) is 0 Å². The monoisotopic (exact) mass is 379 g/mol. The second-order valence-electron chi connectivity index (χ2n) is 6.04. The number of hydrogen-bond acceptors (Lipinski definition) is 6. The molecule has 1 aliphatic rings. The second kappa shape index (κ2) is 7.25. The maximum absolute atomic E-state index is 10.7. The standard InChI is InChI=1S/C20H17N3O3S/c1-12(27-13-6-7-17-18(10-13)26-9-8-25-17)19(24)14(11-21)20-22-15-4-2-3-5-16(15)23-20/h2-7,10,12,24H,8-9H2,1H3,(H,22,23)/b19-14-. The molecule has 2 heterocycles. The molecule has 0 bridgehead atoms. The molecule has 0 aliphatic carbocycles. The number of para-hydroxylation sites is 2. The zero-order chi connectivity index (χ0) is 18.8. The van der Waals surface area contributed by atoms with E-state index < -0.39 is 0 Å². The van der Waals surface area contributed by atoms with Crippen molar-refractivity contribution in [2.24, 2.45) is 0 Å². The third kappa shape index (κ3) is 3.44. The van der Waals surface area contributed by atoms with E-state index in [0.717, 1.165) is 21.7 Å². The predicted molar refractivity (Wildman–Crippen MR) is 104 cm³/mol. The Balaban J connectivity index is 1.61. The van der Waals surface area contributed by atoms with E-state index in [9.17, 15) is 10.4 Å². The number of nitrogens with one attached hydrogen (secondary N) is 1. The molecule has 7 heteroatoms. The summed E-state index contributed by atoms with van der Waals surface area (Å²) in [5.74, 6) is 1.76. The summed E-state index contributed by atoms with van der Waals surface area (Å²) in [7, 11) is 0. The molecule has 136 valence electrons. The van der Waals surface area contributed by atoms with Crippen LogP contribution in [0.25, 0.3) is 16.6 Å². The number of allylic oxidation sites excluding steroid dienone is 1. The molecule has 3 aromatic rings. The number of aliphatic hydroxyl groups excluding tert-OH is 1. The number of nitriles is 1. The minimum Gasteiger partial charge on any atom is -0.510 e. The average molecular weight is 379 g/mol. The molecule has 1 unspecified atom stereocenters. The Hall–Kier alpha value is -3.11. The van der Waals surface area contributed by atoms with Gasteiger partial charge in [-0.2, -0.15) is 5.26 Å². The number of benzene rings is 2. The van der Waals surface area contributed by atoms with Gasteiger partial charge in [0, 0.05) is 4.90 Å². The molecular formula is C20H17N3O3S. The van der Waals surface area contributed by atoms with Gasteiger partial charge in [-0.05, 0) is 37.3 Å². The van der Waals surface area contributed by atoms with Gasteiger partial charge in [-0.3, -0.25) is 0 Å². The van der Waals surface area contributed by atoms with Gasteiger partial charge >= 0.3 is 0 Å². The van der Waals surface area contributed by atoms with Gasteiger partial charge < -0.3 is 19.6 Å². The van der Waals surface area contributed by atoms with E-state index in [1.807, 2.05) is 49.4 Å². The van der Waals surface area contributed by atoms with Crippen molar-refractivity contribution >= 4 is 28.4 Å². The summed E-state index contributed by atoms with van der Waals surface area (Å²) in [6, 6.07) is 15.2. The molecule has 1 aromatic heterocycles. The molecule has 27 heavy (non-hydrogen) atoms. The minimum atomic E-state index is -0.338. The fraction of sp³-hybridized carbons (Fsp3) is 0.200. The fourth-order valence-electron chi connectivity index (χ4n) is 2.86. The number of aromatic nitrogens is 2. The first-order chi connectivity index (χ1) is 13.2. The van der Waals surface area contributed by atoms with Crippen LogP contribution >= 0.6 is 11.8 Å². The van der Waals surface area contributed by atoms with Crippen LogP contribution < -0.4 is 9.47 Å². The van der Waals surface area contributed by atoms with Crippen molar-refractivity contribution in [1.29, 1.82) is 5.26 Å². The van der Waals surface area contributed by atoms with Crippen LogP contribution in [-0.4, -0.2) is 33.5 Å². The summed E-state index contributed by atoms with van der Waals surface area (Å²) in [4.78, 5) is 8.42. The van der Waals surface area contributed by atoms with E-state index in [-0.39, 0.29) is 16.6 Å². The number of imidazole rings is 1. The highest BCUT2D eigenvalue weighted by molar-refractivity contribution is 8.00. The van der Waals surface area contributed by atoms with Gasteiger partial charge in [0.2, 0.25) is 0 Å². The van der Waals surface area contributed by atoms with Gasteiger partial charge in [0.1, 0.15) is 30.6 Å². The molecule has 2 aromatic carbocycles. The molecule has 0 saturated heterocycles. The van der Waals surface area contributed by atoms with Crippen LogP contribution in [0.3, 0.4) is 0 Å². The van der Waals surface area contributed by atoms with Crippen LogP contribution in [0.2, 0.25) is 0 Å². The molecule has 1 atom stereocenters. The number of thioether (sulfide) groups is 1. The molecule has 1 aliphatic heterocycles. The van der Waals surface area contributed by atoms with E-state index in [1.54, 1.807) is 0 Å². The van der Waals surface area contributed by atoms with Crippen molar-refractivity contribution in [3.05, 3.63) is 54.0 Å². The zero-order valence-corrected chi connectivity index (χ0v) is 15.4. The van der Waals surface area contributed by atoms with E-state index in [2.05, 4.69) is 16.0 Å². The SMILES string of the molecule is CC(Sc1ccc2c(c1)OCCO2)/C(O)=C(\C#N)c1nc2ccccc2[nH]1. The molecule has 0 fully saturated rings. The van der Waals surface area contributed by atoms with Crippen molar-refractivity contribution in [2.75, 3.05) is 13.2 Å². The second-order valence-corrected chi connectivity index (χ2v) is 7.45. The lowest BCUT2D eigenvalue weighted by Gasteiger charge is -2.19. The molecule has 4 rings (SSSR count). The lowest BCUT2D eigenvalue weighted by atomic mass is 10.2. The van der Waals surface area contributed by atoms with Gasteiger partial charge in [0.15, 0.2) is 17.3 Å². The molecule has 2 N–H and O–H groups in total. The first kappa shape index (κ1) is 17.3. The molecule has 0 radical (unpaired) electrons. The van der Waals surface area contributed by atoms with Crippen molar-refractivity contribution in [2.45, 2.75) is 17.1 Å². The summed E-state index contributed by atoms with van der Waals surface area (Å²) in [6.07, 6.45) is 0. The lowest BCUT2D eigenvalue weighted by Crippen LogP contribution is -2.15. The number of ether oxygens (including phenoxy) is 2. The van der Waals surface area contributed by atoms with Crippen molar-refractivity contribution in [1.82, 2.24) is 9.97 Å². The zero-order valence-electron chi connectivity index (χ0n) is 14.6. The quantitative estimate of drug-likeness (QED) is 0.399. The first-order valence-corrected chi connectivity index (χ1v) is 9.38. The predicted octanol–water partition coefficient (Wildman–Crippen LogP) is 4.31. The van der Waals surface area contributed by atoms with E-state index in [0.29, 0.717) is 24.8 Å². The number of hydrogen-bond donors (Lipinski definition) is 2. The first-order valence-electron chi connectivity index (χ1n) is 8.50. The topological polar surface area (TPSA) is 91.2 Å². The van der Waals surface area contributed by atoms with Crippen LogP contribution in [-0.2, 0) is 0 Å². The van der Waals surface area contributed by atoms with Gasteiger partial charge in [-0.1, -0.05) is 12.1 Å². The van der Waals surface area contributed by atoms with E-state index in [4.69, 9.17) is 9.47 Å². The number of nitrogens with zero attached hydrogens (tertiary/aromatic N) is 2. The maximum Gasteiger partial charge on any atom is 0.162 e. The van der Waals surface area contributed by atoms with Crippen LogP contribution in [0.1, 0.15) is 12.7 Å². The smallest absolute Gasteiger partial charge is 0.162 e. The highest BCUT2D eigenvalue weighted by atomic mass is 32.2. The summed E-state index contributed by atoms with van der Waals surface area (Å²) >= 11 is 1.43. The lowest BCUT2D eigenvalue weighted by molar-refractivity contribution is 0.171. The number of H-pyrrole nitrogens is 1. The summed E-state index contributed by atoms with van der Waals surface area (Å²) in [5.41, 5.74) is 1.71. The minimum absolute atomic E-state index is 0.0172. The van der Waals surface area contributed by atoms with Crippen LogP contribution in [0.4, 0.5) is 0 Å². The Labute approximate surface area is 160 Å². The van der Waals surface area contributed by atoms with E-state index in [1.165, 1.54) is 11.8 Å². The van der Waals surface area contributed by atoms with Gasteiger partial charge in [-0.25, -0.2) is 4.98 Å². The highest BCUT2D eigenvalue weighted by Gasteiger charge is 2.20. The number of aliphatic hydroxyl groups is 1. The average Bonchev–Trinajstić information content (AvgIpc) is 3.12. The summed E-state index contributed by atoms with van der Waals surface area (Å²) in [6.45, 7) is 2.91. The molecule has 0 saturated carbocycles. The third-order valence-electron chi connectivity index (χ3n) is 4.21.